The van der Waals surface area contributed by atoms with Crippen LogP contribution in [0.15, 0.2) is 96.6 Å². The van der Waals surface area contributed by atoms with Crippen LogP contribution < -0.4 is 4.74 Å². The van der Waals surface area contributed by atoms with E-state index >= 15 is 0 Å². The molecular weight excluding hydrogens is 528 g/mol. The van der Waals surface area contributed by atoms with Gasteiger partial charge in [-0.3, -0.25) is 0 Å². The second-order valence-corrected chi connectivity index (χ2v) is 11.7. The molecule has 1 atom stereocenters. The Morgan fingerprint density at radius 2 is 1.43 bits per heavy atom. The summed E-state index contributed by atoms with van der Waals surface area (Å²) in [6.45, 7) is 9.64. The molecule has 0 aliphatic carbocycles. The zero-order valence-corrected chi connectivity index (χ0v) is 25.1. The molecule has 1 saturated heterocycles. The Balaban J connectivity index is 1.40. The SMILES string of the molecule is CC(C)C(C/C=C1/CC(COCc2ccccc2)(COC(=O)c2ccc(OCc3ccccc3)cc2)OC1=O)C(C)C. The van der Waals surface area contributed by atoms with Crippen molar-refractivity contribution < 1.29 is 28.5 Å². The van der Waals surface area contributed by atoms with Crippen molar-refractivity contribution in [2.24, 2.45) is 17.8 Å². The fourth-order valence-electron chi connectivity index (χ4n) is 5.31. The Kier molecular flexibility index (Phi) is 11.0. The molecule has 0 radical (unpaired) electrons. The molecule has 42 heavy (non-hydrogen) atoms. The predicted octanol–water partition coefficient (Wildman–Crippen LogP) is 7.57. The van der Waals surface area contributed by atoms with E-state index in [-0.39, 0.29) is 19.2 Å². The minimum absolute atomic E-state index is 0.103. The molecule has 6 nitrogen and oxygen atoms in total. The maximum atomic E-state index is 13.0. The van der Waals surface area contributed by atoms with Gasteiger partial charge in [0.1, 0.15) is 19.0 Å². The van der Waals surface area contributed by atoms with Gasteiger partial charge in [0.25, 0.3) is 0 Å². The van der Waals surface area contributed by atoms with Crippen molar-refractivity contribution in [1.29, 1.82) is 0 Å². The van der Waals surface area contributed by atoms with E-state index in [0.717, 1.165) is 17.5 Å². The van der Waals surface area contributed by atoms with Gasteiger partial charge in [0.15, 0.2) is 5.60 Å². The van der Waals surface area contributed by atoms with Crippen molar-refractivity contribution in [1.82, 2.24) is 0 Å². The van der Waals surface area contributed by atoms with Crippen molar-refractivity contribution in [2.75, 3.05) is 13.2 Å². The lowest BCUT2D eigenvalue weighted by molar-refractivity contribution is -0.157. The van der Waals surface area contributed by atoms with E-state index in [9.17, 15) is 9.59 Å². The highest BCUT2D eigenvalue weighted by atomic mass is 16.6. The molecule has 0 N–H and O–H groups in total. The summed E-state index contributed by atoms with van der Waals surface area (Å²) >= 11 is 0. The van der Waals surface area contributed by atoms with Crippen LogP contribution >= 0.6 is 0 Å². The molecule has 1 fully saturated rings. The van der Waals surface area contributed by atoms with Gasteiger partial charge >= 0.3 is 11.9 Å². The lowest BCUT2D eigenvalue weighted by Crippen LogP contribution is -2.40. The van der Waals surface area contributed by atoms with Crippen molar-refractivity contribution in [3.63, 3.8) is 0 Å². The molecule has 1 aliphatic heterocycles. The molecule has 1 heterocycles. The summed E-state index contributed by atoms with van der Waals surface area (Å²) in [5.74, 6) is 1.22. The van der Waals surface area contributed by atoms with Crippen molar-refractivity contribution >= 4 is 11.9 Å². The number of carbonyl (C=O) groups is 2. The maximum Gasteiger partial charge on any atom is 0.338 e. The molecule has 222 valence electrons. The van der Waals surface area contributed by atoms with Crippen LogP contribution in [0.5, 0.6) is 5.75 Å². The van der Waals surface area contributed by atoms with Gasteiger partial charge in [-0.25, -0.2) is 9.59 Å². The Morgan fingerprint density at radius 3 is 2.02 bits per heavy atom. The summed E-state index contributed by atoms with van der Waals surface area (Å²) in [5.41, 5.74) is 1.98. The van der Waals surface area contributed by atoms with E-state index in [1.165, 1.54) is 0 Å². The lowest BCUT2D eigenvalue weighted by Gasteiger charge is -2.26. The summed E-state index contributed by atoms with van der Waals surface area (Å²) in [7, 11) is 0. The van der Waals surface area contributed by atoms with Crippen LogP contribution in [0.4, 0.5) is 0 Å². The standard InChI is InChI=1S/C36H42O6/c1-26(2)33(27(3)4)20-17-31-21-36(42-35(31)38,24-39-22-28-11-7-5-8-12-28)25-41-34(37)30-15-18-32(19-16-30)40-23-29-13-9-6-10-14-29/h5-19,26-27,33H,20-25H2,1-4H3/b31-17-. The summed E-state index contributed by atoms with van der Waals surface area (Å²) in [6.07, 6.45) is 3.12. The molecule has 1 aliphatic rings. The van der Waals surface area contributed by atoms with Gasteiger partial charge in [-0.1, -0.05) is 94.4 Å². The second kappa shape index (κ2) is 14.8. The fourth-order valence-corrected chi connectivity index (χ4v) is 5.31. The Labute approximate surface area is 249 Å². The van der Waals surface area contributed by atoms with Crippen LogP contribution in [0.3, 0.4) is 0 Å². The van der Waals surface area contributed by atoms with Crippen LogP contribution in [0, 0.1) is 17.8 Å². The Hall–Kier alpha value is -3.90. The highest BCUT2D eigenvalue weighted by Gasteiger charge is 2.45. The Bertz CT molecular complexity index is 1310. The number of carbonyl (C=O) groups excluding carboxylic acids is 2. The van der Waals surface area contributed by atoms with Crippen molar-refractivity contribution in [3.8, 4) is 5.75 Å². The predicted molar refractivity (Wildman–Crippen MR) is 163 cm³/mol. The summed E-state index contributed by atoms with van der Waals surface area (Å²) in [4.78, 5) is 26.0. The average Bonchev–Trinajstić information content (AvgIpc) is 3.31. The lowest BCUT2D eigenvalue weighted by atomic mass is 9.82. The summed E-state index contributed by atoms with van der Waals surface area (Å²) in [5, 5.41) is 0. The van der Waals surface area contributed by atoms with Gasteiger partial charge in [-0.15, -0.1) is 0 Å². The smallest absolute Gasteiger partial charge is 0.338 e. The minimum atomic E-state index is -1.09. The van der Waals surface area contributed by atoms with Gasteiger partial charge in [0.2, 0.25) is 0 Å². The molecule has 0 bridgehead atoms. The van der Waals surface area contributed by atoms with Crippen LogP contribution in [0.2, 0.25) is 0 Å². The summed E-state index contributed by atoms with van der Waals surface area (Å²) in [6, 6.07) is 26.5. The first-order chi connectivity index (χ1) is 20.2. The summed E-state index contributed by atoms with van der Waals surface area (Å²) < 4.78 is 23.5. The van der Waals surface area contributed by atoms with E-state index in [4.69, 9.17) is 18.9 Å². The number of benzene rings is 3. The molecule has 0 saturated carbocycles. The zero-order valence-electron chi connectivity index (χ0n) is 25.1. The third-order valence-corrected chi connectivity index (χ3v) is 7.71. The zero-order chi connectivity index (χ0) is 30.0. The van der Waals surface area contributed by atoms with Crippen LogP contribution in [0.25, 0.3) is 0 Å². The number of cyclic esters (lactones) is 1. The van der Waals surface area contributed by atoms with Crippen LogP contribution in [0.1, 0.15) is 62.0 Å². The van der Waals surface area contributed by atoms with Crippen molar-refractivity contribution in [2.45, 2.75) is 59.4 Å². The van der Waals surface area contributed by atoms with Crippen molar-refractivity contribution in [3.05, 3.63) is 113 Å². The monoisotopic (exact) mass is 570 g/mol. The normalized spacial score (nSPS) is 17.7. The van der Waals surface area contributed by atoms with E-state index in [1.54, 1.807) is 24.3 Å². The first kappa shape index (κ1) is 31.0. The first-order valence-corrected chi connectivity index (χ1v) is 14.7. The molecular formula is C36H42O6. The highest BCUT2D eigenvalue weighted by molar-refractivity contribution is 5.92. The van der Waals surface area contributed by atoms with Gasteiger partial charge in [-0.2, -0.15) is 0 Å². The number of ether oxygens (including phenoxy) is 4. The Morgan fingerprint density at radius 1 is 0.833 bits per heavy atom. The van der Waals surface area contributed by atoms with E-state index in [2.05, 4.69) is 27.7 Å². The van der Waals surface area contributed by atoms with E-state index in [1.807, 2.05) is 66.7 Å². The number of allylic oxidation sites excluding steroid dienone is 1. The molecule has 0 aromatic heterocycles. The molecule has 0 spiro atoms. The topological polar surface area (TPSA) is 71.1 Å². The third-order valence-electron chi connectivity index (χ3n) is 7.71. The largest absolute Gasteiger partial charge is 0.489 e. The van der Waals surface area contributed by atoms with Gasteiger partial charge in [-0.05, 0) is 59.6 Å². The third kappa shape index (κ3) is 8.80. The fraction of sp³-hybridized carbons (Fsp3) is 0.389. The van der Waals surface area contributed by atoms with Crippen LogP contribution in [-0.4, -0.2) is 30.8 Å². The van der Waals surface area contributed by atoms with Gasteiger partial charge in [0.05, 0.1) is 18.8 Å². The average molecular weight is 571 g/mol. The van der Waals surface area contributed by atoms with E-state index < -0.39 is 11.6 Å². The quantitative estimate of drug-likeness (QED) is 0.147. The van der Waals surface area contributed by atoms with Crippen LogP contribution in [-0.2, 0) is 32.2 Å². The molecule has 0 amide bonds. The molecule has 6 heteroatoms. The number of rotatable bonds is 14. The highest BCUT2D eigenvalue weighted by Crippen LogP contribution is 2.34. The first-order valence-electron chi connectivity index (χ1n) is 14.7. The number of hydrogen-bond acceptors (Lipinski definition) is 6. The minimum Gasteiger partial charge on any atom is -0.489 e. The second-order valence-electron chi connectivity index (χ2n) is 11.7. The number of hydrogen-bond donors (Lipinski definition) is 0. The van der Waals surface area contributed by atoms with E-state index in [0.29, 0.717) is 54.3 Å². The maximum absolute atomic E-state index is 13.0. The molecule has 1 unspecified atom stereocenters. The van der Waals surface area contributed by atoms with Gasteiger partial charge < -0.3 is 18.9 Å². The molecule has 3 aromatic carbocycles. The molecule has 4 rings (SSSR count). The molecule has 3 aromatic rings. The van der Waals surface area contributed by atoms with Gasteiger partial charge in [0, 0.05) is 12.0 Å². The number of esters is 2.